The van der Waals surface area contributed by atoms with Crippen molar-refractivity contribution in [3.63, 3.8) is 0 Å². The number of benzene rings is 2. The Hall–Kier alpha value is -1.35. The number of rotatable bonds is 3. The predicted octanol–water partition coefficient (Wildman–Crippen LogP) is 4.45. The number of halogens is 2. The molecule has 3 heteroatoms. The van der Waals surface area contributed by atoms with Gasteiger partial charge < -0.3 is 4.74 Å². The minimum absolute atomic E-state index is 0.295. The van der Waals surface area contributed by atoms with Gasteiger partial charge in [-0.25, -0.2) is 4.39 Å². The number of hydrogen-bond donors (Lipinski definition) is 0. The van der Waals surface area contributed by atoms with Crippen LogP contribution in [-0.2, 0) is 0 Å². The minimum Gasteiger partial charge on any atom is -0.493 e. The predicted molar refractivity (Wildman–Crippen MR) is 69.5 cm³/mol. The average molecular weight is 294 g/mol. The van der Waals surface area contributed by atoms with E-state index >= 15 is 0 Å². The molecule has 2 aromatic rings. The van der Waals surface area contributed by atoms with Gasteiger partial charge in [-0.3, -0.25) is 0 Å². The van der Waals surface area contributed by atoms with E-state index in [1.165, 1.54) is 6.07 Å². The molecule has 17 heavy (non-hydrogen) atoms. The molecular weight excluding hydrogens is 283 g/mol. The molecule has 1 nitrogen and oxygen atoms in total. The highest BCUT2D eigenvalue weighted by Gasteiger charge is 2.13. The largest absolute Gasteiger partial charge is 0.493 e. The first kappa shape index (κ1) is 12.1. The van der Waals surface area contributed by atoms with Gasteiger partial charge in [0.15, 0.2) is 0 Å². The van der Waals surface area contributed by atoms with Crippen LogP contribution < -0.4 is 4.74 Å². The Balaban J connectivity index is 2.61. The van der Waals surface area contributed by atoms with E-state index in [0.717, 1.165) is 10.0 Å². The molecule has 2 aromatic carbocycles. The SMILES string of the molecule is CCOc1cccc(F)c1-c1ccc[c]c1Br. The maximum absolute atomic E-state index is 13.9. The molecule has 0 heterocycles. The minimum atomic E-state index is -0.295. The molecule has 1 radical (unpaired) electrons. The Morgan fingerprint density at radius 1 is 1.29 bits per heavy atom. The summed E-state index contributed by atoms with van der Waals surface area (Å²) in [6, 6.07) is 13.3. The first-order valence-corrected chi connectivity index (χ1v) is 6.11. The van der Waals surface area contributed by atoms with E-state index in [4.69, 9.17) is 4.74 Å². The molecule has 0 aliphatic rings. The van der Waals surface area contributed by atoms with Crippen LogP contribution in [0.5, 0.6) is 5.75 Å². The molecule has 2 rings (SSSR count). The highest BCUT2D eigenvalue weighted by molar-refractivity contribution is 9.10. The zero-order valence-corrected chi connectivity index (χ0v) is 10.9. The summed E-state index contributed by atoms with van der Waals surface area (Å²) in [4.78, 5) is 0. The summed E-state index contributed by atoms with van der Waals surface area (Å²) in [7, 11) is 0. The molecule has 0 spiro atoms. The van der Waals surface area contributed by atoms with Gasteiger partial charge in [-0.1, -0.05) is 24.3 Å². The molecule has 0 aromatic heterocycles. The van der Waals surface area contributed by atoms with E-state index in [0.29, 0.717) is 17.9 Å². The van der Waals surface area contributed by atoms with Gasteiger partial charge in [0.25, 0.3) is 0 Å². The van der Waals surface area contributed by atoms with Crippen molar-refractivity contribution in [3.05, 3.63) is 52.8 Å². The van der Waals surface area contributed by atoms with Crippen LogP contribution in [0.2, 0.25) is 0 Å². The van der Waals surface area contributed by atoms with Crippen molar-refractivity contribution in [2.75, 3.05) is 6.61 Å². The summed E-state index contributed by atoms with van der Waals surface area (Å²) in [5, 5.41) is 0. The van der Waals surface area contributed by atoms with E-state index in [2.05, 4.69) is 22.0 Å². The molecule has 0 saturated heterocycles. The zero-order chi connectivity index (χ0) is 12.3. The number of ether oxygens (including phenoxy) is 1. The Kier molecular flexibility index (Phi) is 3.79. The molecular formula is C14H11BrFO. The van der Waals surface area contributed by atoms with Crippen LogP contribution in [0.4, 0.5) is 4.39 Å². The monoisotopic (exact) mass is 293 g/mol. The van der Waals surface area contributed by atoms with Crippen molar-refractivity contribution in [1.29, 1.82) is 0 Å². The van der Waals surface area contributed by atoms with Gasteiger partial charge in [0.05, 0.1) is 12.2 Å². The smallest absolute Gasteiger partial charge is 0.134 e. The quantitative estimate of drug-likeness (QED) is 0.812. The van der Waals surface area contributed by atoms with Crippen LogP contribution in [-0.4, -0.2) is 6.61 Å². The van der Waals surface area contributed by atoms with Crippen molar-refractivity contribution >= 4 is 15.9 Å². The molecule has 0 saturated carbocycles. The van der Waals surface area contributed by atoms with Gasteiger partial charge in [-0.2, -0.15) is 0 Å². The van der Waals surface area contributed by atoms with Crippen molar-refractivity contribution in [2.24, 2.45) is 0 Å². The van der Waals surface area contributed by atoms with Gasteiger partial charge in [0, 0.05) is 10.0 Å². The second-order valence-electron chi connectivity index (χ2n) is 3.44. The van der Waals surface area contributed by atoms with Crippen molar-refractivity contribution in [2.45, 2.75) is 6.92 Å². The molecule has 0 aliphatic heterocycles. The maximum atomic E-state index is 13.9. The third-order valence-corrected chi connectivity index (χ3v) is 3.01. The molecule has 0 N–H and O–H groups in total. The third kappa shape index (κ3) is 2.50. The van der Waals surface area contributed by atoms with Gasteiger partial charge in [0.1, 0.15) is 11.6 Å². The van der Waals surface area contributed by atoms with Crippen LogP contribution in [0.1, 0.15) is 6.92 Å². The zero-order valence-electron chi connectivity index (χ0n) is 9.34. The highest BCUT2D eigenvalue weighted by atomic mass is 79.9. The van der Waals surface area contributed by atoms with Crippen molar-refractivity contribution < 1.29 is 9.13 Å². The summed E-state index contributed by atoms with van der Waals surface area (Å²) in [5.41, 5.74) is 1.21. The van der Waals surface area contributed by atoms with Crippen molar-refractivity contribution in [3.8, 4) is 16.9 Å². The molecule has 0 atom stereocenters. The third-order valence-electron chi connectivity index (χ3n) is 2.35. The standard InChI is InChI=1S/C14H11BrFO/c1-2-17-13-9-5-8-12(16)14(13)10-6-3-4-7-11(10)15/h3-6,8-9H,2H2,1H3. The Bertz CT molecular complexity index is 525. The molecule has 0 amide bonds. The Labute approximate surface area is 108 Å². The summed E-state index contributed by atoms with van der Waals surface area (Å²) in [6.07, 6.45) is 0. The molecule has 87 valence electrons. The van der Waals surface area contributed by atoms with Crippen LogP contribution in [0.25, 0.3) is 11.1 Å². The van der Waals surface area contributed by atoms with Gasteiger partial charge in [-0.05, 0) is 41.1 Å². The lowest BCUT2D eigenvalue weighted by Gasteiger charge is -2.12. The lowest BCUT2D eigenvalue weighted by atomic mass is 10.0. The lowest BCUT2D eigenvalue weighted by Crippen LogP contribution is -1.96. The van der Waals surface area contributed by atoms with Gasteiger partial charge >= 0.3 is 0 Å². The number of hydrogen-bond acceptors (Lipinski definition) is 1. The van der Waals surface area contributed by atoms with Crippen LogP contribution in [0, 0.1) is 11.9 Å². The Morgan fingerprint density at radius 2 is 2.12 bits per heavy atom. The molecule has 0 fully saturated rings. The first-order valence-electron chi connectivity index (χ1n) is 5.32. The summed E-state index contributed by atoms with van der Waals surface area (Å²) >= 11 is 3.37. The van der Waals surface area contributed by atoms with Gasteiger partial charge in [0.2, 0.25) is 0 Å². The fourth-order valence-corrected chi connectivity index (χ4v) is 2.11. The van der Waals surface area contributed by atoms with E-state index in [9.17, 15) is 4.39 Å². The summed E-state index contributed by atoms with van der Waals surface area (Å²) < 4.78 is 20.1. The highest BCUT2D eigenvalue weighted by Crippen LogP contribution is 2.36. The van der Waals surface area contributed by atoms with Crippen molar-refractivity contribution in [1.82, 2.24) is 0 Å². The Morgan fingerprint density at radius 3 is 2.82 bits per heavy atom. The van der Waals surface area contributed by atoms with Crippen LogP contribution in [0.15, 0.2) is 40.9 Å². The van der Waals surface area contributed by atoms with Gasteiger partial charge in [-0.15, -0.1) is 0 Å². The lowest BCUT2D eigenvalue weighted by molar-refractivity contribution is 0.340. The van der Waals surface area contributed by atoms with Crippen LogP contribution >= 0.6 is 15.9 Å². The fourth-order valence-electron chi connectivity index (χ4n) is 1.65. The molecule has 0 aliphatic carbocycles. The second-order valence-corrected chi connectivity index (χ2v) is 4.24. The van der Waals surface area contributed by atoms with Crippen LogP contribution in [0.3, 0.4) is 0 Å². The summed E-state index contributed by atoms with van der Waals surface area (Å²) in [6.45, 7) is 2.38. The molecule has 0 bridgehead atoms. The fraction of sp³-hybridized carbons (Fsp3) is 0.143. The maximum Gasteiger partial charge on any atom is 0.134 e. The topological polar surface area (TPSA) is 9.23 Å². The molecule has 0 unspecified atom stereocenters. The van der Waals surface area contributed by atoms with E-state index in [1.54, 1.807) is 18.2 Å². The van der Waals surface area contributed by atoms with E-state index in [1.807, 2.05) is 19.1 Å². The van der Waals surface area contributed by atoms with E-state index < -0.39 is 0 Å². The first-order chi connectivity index (χ1) is 8.24. The second kappa shape index (κ2) is 5.32. The average Bonchev–Trinajstić information content (AvgIpc) is 2.31. The normalized spacial score (nSPS) is 10.3. The summed E-state index contributed by atoms with van der Waals surface area (Å²) in [5.74, 6) is 0.254. The van der Waals surface area contributed by atoms with E-state index in [-0.39, 0.29) is 5.82 Å².